The zero-order valence-corrected chi connectivity index (χ0v) is 13.0. The van der Waals surface area contributed by atoms with Crippen LogP contribution in [0.15, 0.2) is 18.2 Å². The smallest absolute Gasteiger partial charge is 0.335 e. The molecule has 1 aromatic carbocycles. The Morgan fingerprint density at radius 2 is 2.05 bits per heavy atom. The van der Waals surface area contributed by atoms with Crippen LogP contribution in [0, 0.1) is 11.8 Å². The molecule has 116 valence electrons. The van der Waals surface area contributed by atoms with E-state index in [0.29, 0.717) is 29.6 Å². The van der Waals surface area contributed by atoms with Crippen LogP contribution in [0.25, 0.3) is 0 Å². The Bertz CT molecular complexity index is 518. The molecule has 0 heterocycles. The largest absolute Gasteiger partial charge is 0.478 e. The van der Waals surface area contributed by atoms with Gasteiger partial charge in [0.15, 0.2) is 0 Å². The number of nitrogens with one attached hydrogen (secondary N) is 1. The third-order valence-electron chi connectivity index (χ3n) is 3.10. The predicted molar refractivity (Wildman–Crippen MR) is 83.7 cm³/mol. The molecule has 1 aromatic rings. The van der Waals surface area contributed by atoms with Crippen molar-refractivity contribution in [1.82, 2.24) is 0 Å². The molecule has 0 spiro atoms. The van der Waals surface area contributed by atoms with E-state index in [2.05, 4.69) is 19.2 Å². The van der Waals surface area contributed by atoms with E-state index in [1.54, 1.807) is 0 Å². The molecule has 1 amide bonds. The van der Waals surface area contributed by atoms with Crippen molar-refractivity contribution in [3.8, 4) is 0 Å². The molecule has 0 aliphatic carbocycles. The van der Waals surface area contributed by atoms with E-state index < -0.39 is 5.97 Å². The van der Waals surface area contributed by atoms with E-state index in [9.17, 15) is 9.59 Å². The van der Waals surface area contributed by atoms with Gasteiger partial charge in [-0.25, -0.2) is 4.79 Å². The summed E-state index contributed by atoms with van der Waals surface area (Å²) >= 11 is 5.97. The molecule has 4 N–H and O–H groups in total. The number of amides is 1. The van der Waals surface area contributed by atoms with Crippen LogP contribution in [-0.2, 0) is 4.79 Å². The summed E-state index contributed by atoms with van der Waals surface area (Å²) in [5.41, 5.74) is 6.06. The molecule has 1 rings (SSSR count). The molecule has 0 aromatic heterocycles. The lowest BCUT2D eigenvalue weighted by Gasteiger charge is -2.17. The molecule has 1 atom stereocenters. The minimum atomic E-state index is -1.07. The lowest BCUT2D eigenvalue weighted by molar-refractivity contribution is -0.117. The van der Waals surface area contributed by atoms with Gasteiger partial charge in [0, 0.05) is 6.42 Å². The second-order valence-electron chi connectivity index (χ2n) is 5.48. The number of benzene rings is 1. The topological polar surface area (TPSA) is 92.4 Å². The highest BCUT2D eigenvalue weighted by Gasteiger charge is 2.16. The van der Waals surface area contributed by atoms with Gasteiger partial charge in [-0.05, 0) is 43.0 Å². The van der Waals surface area contributed by atoms with Gasteiger partial charge in [0.1, 0.15) is 0 Å². The number of carbonyl (C=O) groups excluding carboxylic acids is 1. The zero-order chi connectivity index (χ0) is 16.0. The van der Waals surface area contributed by atoms with Gasteiger partial charge in [-0.3, -0.25) is 4.79 Å². The van der Waals surface area contributed by atoms with E-state index in [1.807, 2.05) is 0 Å². The van der Waals surface area contributed by atoms with Gasteiger partial charge in [-0.1, -0.05) is 25.4 Å². The highest BCUT2D eigenvalue weighted by atomic mass is 35.5. The molecule has 0 unspecified atom stereocenters. The van der Waals surface area contributed by atoms with Crippen molar-refractivity contribution in [1.29, 1.82) is 0 Å². The number of nitrogens with two attached hydrogens (primary N) is 1. The number of carboxylic acids is 1. The van der Waals surface area contributed by atoms with Crippen LogP contribution in [0.2, 0.25) is 5.02 Å². The predicted octanol–water partition coefficient (Wildman–Crippen LogP) is 2.99. The molecule has 0 aliphatic rings. The van der Waals surface area contributed by atoms with Crippen molar-refractivity contribution >= 4 is 29.2 Å². The van der Waals surface area contributed by atoms with E-state index in [1.165, 1.54) is 18.2 Å². The summed E-state index contributed by atoms with van der Waals surface area (Å²) in [7, 11) is 0. The Morgan fingerprint density at radius 3 is 2.57 bits per heavy atom. The maximum absolute atomic E-state index is 12.0. The molecule has 0 radical (unpaired) electrons. The van der Waals surface area contributed by atoms with E-state index in [4.69, 9.17) is 22.4 Å². The minimum absolute atomic E-state index is 0.0762. The summed E-state index contributed by atoms with van der Waals surface area (Å²) in [4.78, 5) is 22.9. The first-order chi connectivity index (χ1) is 9.83. The Morgan fingerprint density at radius 1 is 1.38 bits per heavy atom. The number of carbonyl (C=O) groups is 2. The fraction of sp³-hybridized carbons (Fsp3) is 0.467. The second-order valence-corrected chi connectivity index (χ2v) is 5.89. The van der Waals surface area contributed by atoms with Crippen molar-refractivity contribution < 1.29 is 14.7 Å². The van der Waals surface area contributed by atoms with Crippen LogP contribution in [0.4, 0.5) is 5.69 Å². The molecule has 0 aliphatic heterocycles. The van der Waals surface area contributed by atoms with Gasteiger partial charge < -0.3 is 16.2 Å². The monoisotopic (exact) mass is 312 g/mol. The quantitative estimate of drug-likeness (QED) is 0.721. The average molecular weight is 313 g/mol. The molecule has 0 saturated heterocycles. The third kappa shape index (κ3) is 5.73. The van der Waals surface area contributed by atoms with Crippen LogP contribution in [0.5, 0.6) is 0 Å². The molecule has 0 fully saturated rings. The molecular formula is C15H21ClN2O3. The van der Waals surface area contributed by atoms with Crippen LogP contribution >= 0.6 is 11.6 Å². The van der Waals surface area contributed by atoms with Crippen molar-refractivity contribution in [2.24, 2.45) is 17.6 Å². The van der Waals surface area contributed by atoms with Gasteiger partial charge >= 0.3 is 5.97 Å². The SMILES string of the molecule is CC(C)C[C@H](CN)CC(=O)Nc1cc(C(=O)O)ccc1Cl. The third-order valence-corrected chi connectivity index (χ3v) is 3.43. The Kier molecular flexibility index (Phi) is 6.65. The Labute approximate surface area is 129 Å². The maximum atomic E-state index is 12.0. The van der Waals surface area contributed by atoms with E-state index in [-0.39, 0.29) is 17.4 Å². The Balaban J connectivity index is 2.74. The van der Waals surface area contributed by atoms with E-state index in [0.717, 1.165) is 6.42 Å². The van der Waals surface area contributed by atoms with Gasteiger partial charge in [-0.15, -0.1) is 0 Å². The Hall–Kier alpha value is -1.59. The number of halogens is 1. The molecule has 6 heteroatoms. The molecule has 5 nitrogen and oxygen atoms in total. The number of aromatic carboxylic acids is 1. The molecule has 21 heavy (non-hydrogen) atoms. The average Bonchev–Trinajstić information content (AvgIpc) is 2.39. The summed E-state index contributed by atoms with van der Waals surface area (Å²) in [6.45, 7) is 4.59. The van der Waals surface area contributed by atoms with Crippen LogP contribution < -0.4 is 11.1 Å². The van der Waals surface area contributed by atoms with Gasteiger partial charge in [0.05, 0.1) is 16.3 Å². The van der Waals surface area contributed by atoms with Crippen LogP contribution in [0.1, 0.15) is 37.0 Å². The van der Waals surface area contributed by atoms with Crippen LogP contribution in [0.3, 0.4) is 0 Å². The number of hydrogen-bond donors (Lipinski definition) is 3. The van der Waals surface area contributed by atoms with Gasteiger partial charge in [-0.2, -0.15) is 0 Å². The van der Waals surface area contributed by atoms with Gasteiger partial charge in [0.25, 0.3) is 0 Å². The first-order valence-electron chi connectivity index (χ1n) is 6.86. The normalized spacial score (nSPS) is 12.2. The van der Waals surface area contributed by atoms with E-state index >= 15 is 0 Å². The molecular weight excluding hydrogens is 292 g/mol. The molecule has 0 bridgehead atoms. The summed E-state index contributed by atoms with van der Waals surface area (Å²) < 4.78 is 0. The first kappa shape index (κ1) is 17.5. The first-order valence-corrected chi connectivity index (χ1v) is 7.24. The lowest BCUT2D eigenvalue weighted by atomic mass is 9.94. The highest BCUT2D eigenvalue weighted by molar-refractivity contribution is 6.33. The zero-order valence-electron chi connectivity index (χ0n) is 12.2. The number of anilines is 1. The standard InChI is InChI=1S/C15H21ClN2O3/c1-9(2)5-10(8-17)6-14(19)18-13-7-11(15(20)21)3-4-12(13)16/h3-4,7,9-10H,5-6,8,17H2,1-2H3,(H,18,19)(H,20,21)/t10-/m0/s1. The van der Waals surface area contributed by atoms with Gasteiger partial charge in [0.2, 0.25) is 5.91 Å². The van der Waals surface area contributed by atoms with Crippen LogP contribution in [-0.4, -0.2) is 23.5 Å². The fourth-order valence-electron chi connectivity index (χ4n) is 2.15. The molecule has 0 saturated carbocycles. The second kappa shape index (κ2) is 8.00. The summed E-state index contributed by atoms with van der Waals surface area (Å²) in [6.07, 6.45) is 1.16. The van der Waals surface area contributed by atoms with Crippen molar-refractivity contribution in [3.63, 3.8) is 0 Å². The van der Waals surface area contributed by atoms with Crippen molar-refractivity contribution in [2.75, 3.05) is 11.9 Å². The summed E-state index contributed by atoms with van der Waals surface area (Å²) in [6, 6.07) is 4.19. The maximum Gasteiger partial charge on any atom is 0.335 e. The minimum Gasteiger partial charge on any atom is -0.478 e. The number of rotatable bonds is 7. The summed E-state index contributed by atoms with van der Waals surface area (Å²) in [5.74, 6) is -0.714. The number of hydrogen-bond acceptors (Lipinski definition) is 3. The highest BCUT2D eigenvalue weighted by Crippen LogP contribution is 2.24. The number of carboxylic acid groups (broad SMARTS) is 1. The van der Waals surface area contributed by atoms with Crippen molar-refractivity contribution in [2.45, 2.75) is 26.7 Å². The summed E-state index contributed by atoms with van der Waals surface area (Å²) in [5, 5.41) is 11.9. The van der Waals surface area contributed by atoms with Crippen molar-refractivity contribution in [3.05, 3.63) is 28.8 Å². The fourth-order valence-corrected chi connectivity index (χ4v) is 2.31. The lowest BCUT2D eigenvalue weighted by Crippen LogP contribution is -2.23.